The summed E-state index contributed by atoms with van der Waals surface area (Å²) in [6.07, 6.45) is 9.41. The molecule has 1 saturated carbocycles. The van der Waals surface area contributed by atoms with Gasteiger partial charge in [-0.25, -0.2) is 0 Å². The first-order chi connectivity index (χ1) is 7.05. The highest BCUT2D eigenvalue weighted by atomic mass is 28.3. The summed E-state index contributed by atoms with van der Waals surface area (Å²) in [5, 5.41) is 0. The van der Waals surface area contributed by atoms with Gasteiger partial charge in [-0.2, -0.15) is 0 Å². The molecular weight excluding hydrogens is 200 g/mol. The Kier molecular flexibility index (Phi) is 5.34. The Bertz CT molecular complexity index is 166. The minimum atomic E-state index is -1.17. The molecule has 89 valence electrons. The van der Waals surface area contributed by atoms with E-state index >= 15 is 0 Å². The van der Waals surface area contributed by atoms with Crippen molar-refractivity contribution in [1.82, 2.24) is 0 Å². The van der Waals surface area contributed by atoms with Gasteiger partial charge in [0.1, 0.15) is 0 Å². The monoisotopic (exact) mass is 227 g/mol. The lowest BCUT2D eigenvalue weighted by atomic mass is 10.0. The predicted molar refractivity (Wildman–Crippen MR) is 69.6 cm³/mol. The Morgan fingerprint density at radius 3 is 2.60 bits per heavy atom. The van der Waals surface area contributed by atoms with Gasteiger partial charge in [0, 0.05) is 6.61 Å². The SMILES string of the molecule is CCOC(C1[CH]CCCCC1)[Si](C)(C)C. The zero-order valence-electron chi connectivity index (χ0n) is 10.9. The highest BCUT2D eigenvalue weighted by molar-refractivity contribution is 6.77. The normalized spacial score (nSPS) is 22.4. The minimum absolute atomic E-state index is 0.542. The van der Waals surface area contributed by atoms with E-state index in [9.17, 15) is 0 Å². The molecule has 1 rings (SSSR count). The van der Waals surface area contributed by atoms with Crippen LogP contribution in [0, 0.1) is 12.3 Å². The molecule has 0 saturated heterocycles. The van der Waals surface area contributed by atoms with Crippen LogP contribution in [0.2, 0.25) is 19.6 Å². The van der Waals surface area contributed by atoms with Gasteiger partial charge in [-0.1, -0.05) is 38.9 Å². The van der Waals surface area contributed by atoms with Gasteiger partial charge in [0.05, 0.1) is 13.8 Å². The van der Waals surface area contributed by atoms with Gasteiger partial charge in [-0.05, 0) is 32.1 Å². The van der Waals surface area contributed by atoms with Crippen molar-refractivity contribution in [2.75, 3.05) is 6.61 Å². The molecule has 0 N–H and O–H groups in total. The zero-order valence-corrected chi connectivity index (χ0v) is 11.9. The highest BCUT2D eigenvalue weighted by Crippen LogP contribution is 2.30. The predicted octanol–water partition coefficient (Wildman–Crippen LogP) is 4.05. The summed E-state index contributed by atoms with van der Waals surface area (Å²) in [6.45, 7) is 10.3. The summed E-state index contributed by atoms with van der Waals surface area (Å²) in [5.41, 5.74) is 0.542. The second kappa shape index (κ2) is 6.05. The Balaban J connectivity index is 2.60. The molecule has 0 aliphatic heterocycles. The lowest BCUT2D eigenvalue weighted by molar-refractivity contribution is 0.0757. The first kappa shape index (κ1) is 13.2. The largest absolute Gasteiger partial charge is 0.382 e. The highest BCUT2D eigenvalue weighted by Gasteiger charge is 2.34. The van der Waals surface area contributed by atoms with Crippen LogP contribution in [-0.2, 0) is 4.74 Å². The van der Waals surface area contributed by atoms with E-state index in [2.05, 4.69) is 33.0 Å². The fourth-order valence-corrected chi connectivity index (χ4v) is 4.88. The lowest BCUT2D eigenvalue weighted by Crippen LogP contribution is -2.45. The van der Waals surface area contributed by atoms with E-state index in [1.807, 2.05) is 0 Å². The molecule has 0 spiro atoms. The molecule has 0 aromatic heterocycles. The first-order valence-corrected chi connectivity index (χ1v) is 10.1. The van der Waals surface area contributed by atoms with E-state index in [1.54, 1.807) is 0 Å². The van der Waals surface area contributed by atoms with Crippen LogP contribution in [0.5, 0.6) is 0 Å². The average molecular weight is 227 g/mol. The first-order valence-electron chi connectivity index (χ1n) is 6.50. The summed E-state index contributed by atoms with van der Waals surface area (Å²) in [7, 11) is -1.17. The quantitative estimate of drug-likeness (QED) is 0.520. The summed E-state index contributed by atoms with van der Waals surface area (Å²) in [6, 6.07) is 0. The van der Waals surface area contributed by atoms with E-state index in [0.29, 0.717) is 5.73 Å². The zero-order chi connectivity index (χ0) is 11.3. The second-order valence-corrected chi connectivity index (χ2v) is 11.1. The van der Waals surface area contributed by atoms with Crippen molar-refractivity contribution in [2.24, 2.45) is 5.92 Å². The summed E-state index contributed by atoms with van der Waals surface area (Å²) in [5.74, 6) is 0.735. The summed E-state index contributed by atoms with van der Waals surface area (Å²) in [4.78, 5) is 0. The van der Waals surface area contributed by atoms with Crippen LogP contribution in [0.3, 0.4) is 0 Å². The maximum absolute atomic E-state index is 6.03. The lowest BCUT2D eigenvalue weighted by Gasteiger charge is -2.35. The van der Waals surface area contributed by atoms with Crippen LogP contribution >= 0.6 is 0 Å². The molecule has 0 aromatic carbocycles. The van der Waals surface area contributed by atoms with Gasteiger partial charge >= 0.3 is 0 Å². The van der Waals surface area contributed by atoms with Crippen LogP contribution in [-0.4, -0.2) is 20.4 Å². The smallest absolute Gasteiger partial charge is 0.0789 e. The number of ether oxygens (including phenoxy) is 1. The molecule has 1 aliphatic rings. The van der Waals surface area contributed by atoms with Gasteiger partial charge in [0.15, 0.2) is 0 Å². The maximum Gasteiger partial charge on any atom is 0.0789 e. The van der Waals surface area contributed by atoms with Crippen LogP contribution in [0.1, 0.15) is 39.0 Å². The van der Waals surface area contributed by atoms with Crippen molar-refractivity contribution in [3.8, 4) is 0 Å². The standard InChI is InChI=1S/C13H27OSi/c1-5-14-13(15(2,3)4)12-10-8-6-7-9-11-12/h10,12-13H,5-9,11H2,1-4H3. The number of hydrogen-bond donors (Lipinski definition) is 0. The van der Waals surface area contributed by atoms with Crippen LogP contribution < -0.4 is 0 Å². The molecule has 0 bridgehead atoms. The topological polar surface area (TPSA) is 9.23 Å². The van der Waals surface area contributed by atoms with Crippen molar-refractivity contribution in [2.45, 2.75) is 64.4 Å². The van der Waals surface area contributed by atoms with Crippen molar-refractivity contribution in [3.63, 3.8) is 0 Å². The van der Waals surface area contributed by atoms with Gasteiger partial charge in [-0.3, -0.25) is 0 Å². The fraction of sp³-hybridized carbons (Fsp3) is 0.923. The Labute approximate surface area is 96.6 Å². The van der Waals surface area contributed by atoms with Crippen molar-refractivity contribution < 1.29 is 4.74 Å². The Morgan fingerprint density at radius 2 is 2.00 bits per heavy atom. The second-order valence-electron chi connectivity index (χ2n) is 5.78. The third-order valence-corrected chi connectivity index (χ3v) is 5.60. The van der Waals surface area contributed by atoms with Crippen LogP contribution in [0.25, 0.3) is 0 Å². The van der Waals surface area contributed by atoms with E-state index in [-0.39, 0.29) is 0 Å². The Morgan fingerprint density at radius 1 is 1.27 bits per heavy atom. The van der Waals surface area contributed by atoms with E-state index in [4.69, 9.17) is 4.74 Å². The van der Waals surface area contributed by atoms with Crippen molar-refractivity contribution in [3.05, 3.63) is 6.42 Å². The van der Waals surface area contributed by atoms with Gasteiger partial charge in [-0.15, -0.1) is 0 Å². The van der Waals surface area contributed by atoms with Gasteiger partial charge in [0.25, 0.3) is 0 Å². The maximum atomic E-state index is 6.03. The van der Waals surface area contributed by atoms with E-state index in [1.165, 1.54) is 32.1 Å². The molecule has 15 heavy (non-hydrogen) atoms. The molecule has 1 fully saturated rings. The van der Waals surface area contributed by atoms with Crippen molar-refractivity contribution in [1.29, 1.82) is 0 Å². The van der Waals surface area contributed by atoms with E-state index < -0.39 is 8.07 Å². The molecule has 2 atom stereocenters. The third-order valence-electron chi connectivity index (χ3n) is 3.30. The molecule has 0 amide bonds. The van der Waals surface area contributed by atoms with Gasteiger partial charge < -0.3 is 4.74 Å². The average Bonchev–Trinajstić information content (AvgIpc) is 2.40. The number of rotatable bonds is 4. The molecule has 1 radical (unpaired) electrons. The van der Waals surface area contributed by atoms with Crippen LogP contribution in [0.15, 0.2) is 0 Å². The molecule has 1 aliphatic carbocycles. The molecule has 0 aromatic rings. The molecule has 2 unspecified atom stereocenters. The van der Waals surface area contributed by atoms with Crippen LogP contribution in [0.4, 0.5) is 0 Å². The van der Waals surface area contributed by atoms with Crippen molar-refractivity contribution >= 4 is 8.07 Å². The van der Waals surface area contributed by atoms with Gasteiger partial charge in [0.2, 0.25) is 0 Å². The molecule has 1 nitrogen and oxygen atoms in total. The minimum Gasteiger partial charge on any atom is -0.382 e. The number of hydrogen-bond acceptors (Lipinski definition) is 1. The molecular formula is C13H27OSi. The van der Waals surface area contributed by atoms with E-state index in [0.717, 1.165) is 12.5 Å². The molecule has 2 heteroatoms. The molecule has 0 heterocycles. The third kappa shape index (κ3) is 4.27. The Hall–Kier alpha value is 0.177. The summed E-state index contributed by atoms with van der Waals surface area (Å²) >= 11 is 0. The summed E-state index contributed by atoms with van der Waals surface area (Å²) < 4.78 is 6.03. The fourth-order valence-electron chi connectivity index (χ4n) is 2.62.